The smallest absolute Gasteiger partial charge is 0.410 e. The van der Waals surface area contributed by atoms with E-state index in [1.165, 1.54) is 23.3 Å². The minimum atomic E-state index is -0.537. The summed E-state index contributed by atoms with van der Waals surface area (Å²) in [5.74, 6) is -0.00699. The average Bonchev–Trinajstić information content (AvgIpc) is 3.65. The van der Waals surface area contributed by atoms with Crippen LogP contribution in [0.2, 0.25) is 0 Å². The van der Waals surface area contributed by atoms with Gasteiger partial charge in [0.25, 0.3) is 0 Å². The van der Waals surface area contributed by atoms with Gasteiger partial charge in [-0.1, -0.05) is 12.1 Å². The van der Waals surface area contributed by atoms with E-state index in [2.05, 4.69) is 39.8 Å². The number of fused-ring (bicyclic) bond motifs is 2. The molecule has 1 saturated heterocycles. The molecule has 4 aromatic rings. The Hall–Kier alpha value is -3.60. The number of carbonyl (C=O) groups excluding carboxylic acids is 1. The fourth-order valence-corrected chi connectivity index (χ4v) is 6.32. The number of halogens is 1. The molecule has 2 aromatic carbocycles. The van der Waals surface area contributed by atoms with E-state index in [1.807, 2.05) is 26.2 Å². The zero-order valence-electron chi connectivity index (χ0n) is 24.1. The van der Waals surface area contributed by atoms with E-state index in [-0.39, 0.29) is 18.8 Å². The molecule has 2 aliphatic heterocycles. The zero-order valence-corrected chi connectivity index (χ0v) is 24.9. The number of hydrogen-bond acceptors (Lipinski definition) is 8. The third-order valence-corrected chi connectivity index (χ3v) is 8.36. The Kier molecular flexibility index (Phi) is 8.11. The molecule has 2 aliphatic rings. The van der Waals surface area contributed by atoms with Crippen LogP contribution in [0.25, 0.3) is 32.6 Å². The van der Waals surface area contributed by atoms with E-state index >= 15 is 0 Å². The first-order chi connectivity index (χ1) is 20.2. The molecule has 1 unspecified atom stereocenters. The molecular weight excluding hydrogens is 555 g/mol. The highest BCUT2D eigenvalue weighted by Crippen LogP contribution is 2.39. The lowest BCUT2D eigenvalue weighted by Crippen LogP contribution is -2.36. The summed E-state index contributed by atoms with van der Waals surface area (Å²) in [5.41, 5.74) is 5.34. The lowest BCUT2D eigenvalue weighted by atomic mass is 9.96. The summed E-state index contributed by atoms with van der Waals surface area (Å²) in [6.45, 7) is 8.99. The van der Waals surface area contributed by atoms with Crippen molar-refractivity contribution in [1.82, 2.24) is 20.4 Å². The number of ether oxygens (including phenoxy) is 3. The van der Waals surface area contributed by atoms with Gasteiger partial charge in [-0.05, 0) is 80.9 Å². The molecular formula is C32H35FN4O4S. The summed E-state index contributed by atoms with van der Waals surface area (Å²) >= 11 is 1.58. The van der Waals surface area contributed by atoms with Crippen LogP contribution in [0.3, 0.4) is 0 Å². The number of hydrogen-bond donors (Lipinski definition) is 1. The second-order valence-corrected chi connectivity index (χ2v) is 12.6. The van der Waals surface area contributed by atoms with Crippen molar-refractivity contribution in [3.63, 3.8) is 0 Å². The molecule has 0 radical (unpaired) electrons. The summed E-state index contributed by atoms with van der Waals surface area (Å²) < 4.78 is 32.8. The van der Waals surface area contributed by atoms with E-state index < -0.39 is 11.4 Å². The monoisotopic (exact) mass is 590 g/mol. The van der Waals surface area contributed by atoms with Gasteiger partial charge in [-0.15, -0.1) is 21.5 Å². The molecule has 1 amide bonds. The normalized spacial score (nSPS) is 17.0. The van der Waals surface area contributed by atoms with Crippen molar-refractivity contribution in [1.29, 1.82) is 0 Å². The number of likely N-dealkylation sites (tertiary alicyclic amines) is 1. The van der Waals surface area contributed by atoms with E-state index in [4.69, 9.17) is 14.2 Å². The maximum absolute atomic E-state index is 14.3. The van der Waals surface area contributed by atoms with Crippen molar-refractivity contribution in [3.8, 4) is 28.3 Å². The lowest BCUT2D eigenvalue weighted by molar-refractivity contribution is 0.0172. The Balaban J connectivity index is 1.15. The minimum Gasteiger partial charge on any atom is -0.490 e. The number of nitrogens with one attached hydrogen (secondary N) is 1. The van der Waals surface area contributed by atoms with Crippen LogP contribution in [0.15, 0.2) is 47.8 Å². The van der Waals surface area contributed by atoms with Gasteiger partial charge < -0.3 is 24.4 Å². The van der Waals surface area contributed by atoms with Crippen LogP contribution in [0.1, 0.15) is 38.3 Å². The van der Waals surface area contributed by atoms with Crippen molar-refractivity contribution >= 4 is 27.5 Å². The van der Waals surface area contributed by atoms with Gasteiger partial charge in [0.1, 0.15) is 35.2 Å². The van der Waals surface area contributed by atoms with Crippen molar-refractivity contribution in [2.45, 2.75) is 51.9 Å². The van der Waals surface area contributed by atoms with Crippen LogP contribution in [0.5, 0.6) is 5.75 Å². The minimum absolute atomic E-state index is 0.0999. The Bertz CT molecular complexity index is 1600. The summed E-state index contributed by atoms with van der Waals surface area (Å²) in [4.78, 5) is 14.0. The Morgan fingerprint density at radius 3 is 2.81 bits per heavy atom. The second kappa shape index (κ2) is 11.9. The molecule has 1 N–H and O–H groups in total. The Labute approximate surface area is 248 Å². The van der Waals surface area contributed by atoms with Crippen molar-refractivity contribution in [2.24, 2.45) is 0 Å². The summed E-state index contributed by atoms with van der Waals surface area (Å²) in [6.07, 6.45) is 1.29. The number of amides is 1. The van der Waals surface area contributed by atoms with Crippen LogP contribution >= 0.6 is 11.3 Å². The van der Waals surface area contributed by atoms with Crippen LogP contribution in [-0.2, 0) is 22.4 Å². The standard InChI is InChI=1S/C32H35FN4O4S/c1-32(2,3)41-31(38)37-12-9-24(19-37)39-13-14-40-27-17-23(33)6-7-25(27)29-30-26(10-15-42-30)28(35-36-29)21-4-5-22-18-34-11-8-20(22)16-21/h4-7,10,15-17,24,34H,8-9,11-14,18-19H2,1-3H3. The molecule has 220 valence electrons. The molecule has 42 heavy (non-hydrogen) atoms. The van der Waals surface area contributed by atoms with E-state index in [9.17, 15) is 9.18 Å². The van der Waals surface area contributed by atoms with E-state index in [0.29, 0.717) is 36.7 Å². The molecule has 1 fully saturated rings. The molecule has 0 aliphatic carbocycles. The predicted molar refractivity (Wildman–Crippen MR) is 161 cm³/mol. The van der Waals surface area contributed by atoms with Gasteiger partial charge in [-0.25, -0.2) is 9.18 Å². The number of benzene rings is 2. The zero-order chi connectivity index (χ0) is 29.3. The maximum Gasteiger partial charge on any atom is 0.410 e. The van der Waals surface area contributed by atoms with Gasteiger partial charge in [0.2, 0.25) is 0 Å². The first-order valence-electron chi connectivity index (χ1n) is 14.3. The molecule has 0 bridgehead atoms. The first kappa shape index (κ1) is 28.5. The number of nitrogens with zero attached hydrogens (tertiary/aromatic N) is 3. The van der Waals surface area contributed by atoms with Gasteiger partial charge in [0.15, 0.2) is 0 Å². The Morgan fingerprint density at radius 1 is 1.10 bits per heavy atom. The molecule has 0 saturated carbocycles. The number of aromatic nitrogens is 2. The number of carbonyl (C=O) groups is 1. The quantitative estimate of drug-likeness (QED) is 0.256. The number of thiophene rings is 1. The largest absolute Gasteiger partial charge is 0.490 e. The highest BCUT2D eigenvalue weighted by molar-refractivity contribution is 7.17. The van der Waals surface area contributed by atoms with Crippen molar-refractivity contribution < 1.29 is 23.4 Å². The molecule has 10 heteroatoms. The molecule has 6 rings (SSSR count). The van der Waals surface area contributed by atoms with Crippen LogP contribution in [0, 0.1) is 5.82 Å². The third-order valence-electron chi connectivity index (χ3n) is 7.44. The summed E-state index contributed by atoms with van der Waals surface area (Å²) in [7, 11) is 0. The Morgan fingerprint density at radius 2 is 1.95 bits per heavy atom. The van der Waals surface area contributed by atoms with Crippen LogP contribution < -0.4 is 10.1 Å². The first-order valence-corrected chi connectivity index (χ1v) is 15.2. The predicted octanol–water partition coefficient (Wildman–Crippen LogP) is 6.21. The summed E-state index contributed by atoms with van der Waals surface area (Å²) in [5, 5.41) is 15.7. The number of rotatable bonds is 7. The van der Waals surface area contributed by atoms with Gasteiger partial charge in [-0.3, -0.25) is 0 Å². The van der Waals surface area contributed by atoms with Gasteiger partial charge in [0.05, 0.1) is 24.0 Å². The SMILES string of the molecule is CC(C)(C)OC(=O)N1CCC(OCCOc2cc(F)ccc2-c2nnc(-c3ccc4c(c3)CCNC4)c3ccsc23)C1. The maximum atomic E-state index is 14.3. The van der Waals surface area contributed by atoms with Gasteiger partial charge in [0, 0.05) is 35.7 Å². The van der Waals surface area contributed by atoms with Crippen molar-refractivity contribution in [2.75, 3.05) is 32.8 Å². The summed E-state index contributed by atoms with van der Waals surface area (Å²) in [6, 6.07) is 13.0. The fourth-order valence-electron chi connectivity index (χ4n) is 5.43. The highest BCUT2D eigenvalue weighted by Gasteiger charge is 2.30. The molecule has 1 atom stereocenters. The fraction of sp³-hybridized carbons (Fsp3) is 0.406. The van der Waals surface area contributed by atoms with Crippen LogP contribution in [-0.4, -0.2) is 65.7 Å². The van der Waals surface area contributed by atoms with Crippen molar-refractivity contribution in [3.05, 3.63) is 64.8 Å². The molecule has 4 heterocycles. The molecule has 8 nitrogen and oxygen atoms in total. The topological polar surface area (TPSA) is 85.8 Å². The van der Waals surface area contributed by atoms with E-state index in [1.54, 1.807) is 22.3 Å². The molecule has 2 aromatic heterocycles. The van der Waals surface area contributed by atoms with E-state index in [0.717, 1.165) is 47.3 Å². The van der Waals surface area contributed by atoms with Gasteiger partial charge in [-0.2, -0.15) is 0 Å². The third kappa shape index (κ3) is 6.25. The molecule has 0 spiro atoms. The second-order valence-electron chi connectivity index (χ2n) is 11.7. The van der Waals surface area contributed by atoms with Crippen LogP contribution in [0.4, 0.5) is 9.18 Å². The average molecular weight is 591 g/mol. The highest BCUT2D eigenvalue weighted by atomic mass is 32.1. The lowest BCUT2D eigenvalue weighted by Gasteiger charge is -2.24. The van der Waals surface area contributed by atoms with Gasteiger partial charge >= 0.3 is 6.09 Å².